The van der Waals surface area contributed by atoms with Gasteiger partial charge in [-0.25, -0.2) is 9.97 Å². The van der Waals surface area contributed by atoms with E-state index in [-0.39, 0.29) is 5.91 Å². The molecule has 3 rings (SSSR count). The standard InChI is InChI=1S/C18H17N3O2S/c1-13-7-8-19-16(9-13)21-17(22)12-24-11-15-10-23-18(20-15)14-5-3-2-4-6-14/h2-10H,11-12H2,1H3,(H,19,21,22). The first-order valence-corrected chi connectivity index (χ1v) is 8.66. The number of oxazole rings is 1. The average Bonchev–Trinajstić information content (AvgIpc) is 3.04. The van der Waals surface area contributed by atoms with Crippen LogP contribution in [-0.4, -0.2) is 21.6 Å². The van der Waals surface area contributed by atoms with Crippen LogP contribution in [0.1, 0.15) is 11.3 Å². The lowest BCUT2D eigenvalue weighted by molar-refractivity contribution is -0.113. The van der Waals surface area contributed by atoms with E-state index < -0.39 is 0 Å². The van der Waals surface area contributed by atoms with Crippen LogP contribution in [0.15, 0.2) is 59.3 Å². The third kappa shape index (κ3) is 4.45. The first-order chi connectivity index (χ1) is 11.7. The Morgan fingerprint density at radius 1 is 1.25 bits per heavy atom. The summed E-state index contributed by atoms with van der Waals surface area (Å²) in [5.74, 6) is 2.05. The normalized spacial score (nSPS) is 10.5. The Hall–Kier alpha value is -2.60. The molecule has 1 N–H and O–H groups in total. The number of benzene rings is 1. The first-order valence-electron chi connectivity index (χ1n) is 7.51. The van der Waals surface area contributed by atoms with Gasteiger partial charge in [-0.2, -0.15) is 0 Å². The number of hydrogen-bond donors (Lipinski definition) is 1. The Labute approximate surface area is 144 Å². The molecule has 1 amide bonds. The van der Waals surface area contributed by atoms with Gasteiger partial charge < -0.3 is 9.73 Å². The Morgan fingerprint density at radius 2 is 2.08 bits per heavy atom. The summed E-state index contributed by atoms with van der Waals surface area (Å²) < 4.78 is 5.48. The number of carbonyl (C=O) groups excluding carboxylic acids is 1. The van der Waals surface area contributed by atoms with E-state index in [1.54, 1.807) is 12.5 Å². The van der Waals surface area contributed by atoms with Gasteiger partial charge in [0.15, 0.2) is 0 Å². The van der Waals surface area contributed by atoms with Crippen LogP contribution >= 0.6 is 11.8 Å². The zero-order chi connectivity index (χ0) is 16.8. The Kier molecular flexibility index (Phi) is 5.28. The molecule has 0 aliphatic heterocycles. The van der Waals surface area contributed by atoms with Gasteiger partial charge in [-0.3, -0.25) is 4.79 Å². The van der Waals surface area contributed by atoms with Crippen molar-refractivity contribution in [3.63, 3.8) is 0 Å². The molecule has 0 saturated carbocycles. The molecule has 0 aliphatic carbocycles. The lowest BCUT2D eigenvalue weighted by atomic mass is 10.2. The quantitative estimate of drug-likeness (QED) is 0.737. The maximum absolute atomic E-state index is 11.9. The van der Waals surface area contributed by atoms with E-state index in [0.717, 1.165) is 16.8 Å². The number of carbonyl (C=O) groups is 1. The van der Waals surface area contributed by atoms with Crippen LogP contribution in [0.4, 0.5) is 5.82 Å². The van der Waals surface area contributed by atoms with Crippen molar-refractivity contribution in [1.82, 2.24) is 9.97 Å². The average molecular weight is 339 g/mol. The summed E-state index contributed by atoms with van der Waals surface area (Å²) in [7, 11) is 0. The second-order valence-corrected chi connectivity index (χ2v) is 6.26. The topological polar surface area (TPSA) is 68.0 Å². The maximum atomic E-state index is 11.9. The highest BCUT2D eigenvalue weighted by Crippen LogP contribution is 2.20. The molecule has 0 radical (unpaired) electrons. The van der Waals surface area contributed by atoms with Crippen molar-refractivity contribution < 1.29 is 9.21 Å². The molecule has 1 aromatic carbocycles. The van der Waals surface area contributed by atoms with Crippen molar-refractivity contribution in [2.75, 3.05) is 11.1 Å². The first kappa shape index (κ1) is 16.3. The van der Waals surface area contributed by atoms with E-state index in [1.165, 1.54) is 11.8 Å². The Balaban J connectivity index is 1.48. The molecule has 0 unspecified atom stereocenters. The van der Waals surface area contributed by atoms with Crippen LogP contribution in [0.3, 0.4) is 0 Å². The van der Waals surface area contributed by atoms with Gasteiger partial charge in [0.05, 0.1) is 11.4 Å². The summed E-state index contributed by atoms with van der Waals surface area (Å²) in [6, 6.07) is 13.5. The summed E-state index contributed by atoms with van der Waals surface area (Å²) in [5.41, 5.74) is 2.82. The van der Waals surface area contributed by atoms with Crippen molar-refractivity contribution in [2.24, 2.45) is 0 Å². The molecule has 0 bridgehead atoms. The molecule has 2 aromatic heterocycles. The largest absolute Gasteiger partial charge is 0.444 e. The van der Waals surface area contributed by atoms with Crippen molar-refractivity contribution in [2.45, 2.75) is 12.7 Å². The van der Waals surface area contributed by atoms with Gasteiger partial charge in [-0.05, 0) is 36.8 Å². The molecule has 0 spiro atoms. The van der Waals surface area contributed by atoms with Gasteiger partial charge in [0.25, 0.3) is 0 Å². The van der Waals surface area contributed by atoms with Gasteiger partial charge in [-0.1, -0.05) is 18.2 Å². The van der Waals surface area contributed by atoms with Crippen molar-refractivity contribution in [3.05, 3.63) is 66.2 Å². The van der Waals surface area contributed by atoms with Crippen molar-refractivity contribution in [1.29, 1.82) is 0 Å². The number of aromatic nitrogens is 2. The third-order valence-corrected chi connectivity index (χ3v) is 4.20. The van der Waals surface area contributed by atoms with E-state index in [2.05, 4.69) is 15.3 Å². The minimum Gasteiger partial charge on any atom is -0.444 e. The molecule has 2 heterocycles. The number of amides is 1. The van der Waals surface area contributed by atoms with Crippen molar-refractivity contribution >= 4 is 23.5 Å². The summed E-state index contributed by atoms with van der Waals surface area (Å²) in [5, 5.41) is 2.79. The fraction of sp³-hybridized carbons (Fsp3) is 0.167. The van der Waals surface area contributed by atoms with E-state index >= 15 is 0 Å². The molecule has 6 heteroatoms. The van der Waals surface area contributed by atoms with Gasteiger partial charge in [0.1, 0.15) is 12.1 Å². The highest BCUT2D eigenvalue weighted by atomic mass is 32.2. The molecule has 122 valence electrons. The summed E-state index contributed by atoms with van der Waals surface area (Å²) in [4.78, 5) is 20.5. The molecule has 24 heavy (non-hydrogen) atoms. The lowest BCUT2D eigenvalue weighted by Gasteiger charge is -2.04. The molecular formula is C18H17N3O2S. The van der Waals surface area contributed by atoms with Gasteiger partial charge in [0.2, 0.25) is 11.8 Å². The molecule has 0 fully saturated rings. The number of anilines is 1. The van der Waals surface area contributed by atoms with Gasteiger partial charge in [0, 0.05) is 17.5 Å². The summed E-state index contributed by atoms with van der Waals surface area (Å²) in [6.07, 6.45) is 3.31. The van der Waals surface area contributed by atoms with Crippen LogP contribution in [0, 0.1) is 6.92 Å². The smallest absolute Gasteiger partial charge is 0.235 e. The van der Waals surface area contributed by atoms with E-state index in [9.17, 15) is 4.79 Å². The fourth-order valence-corrected chi connectivity index (χ4v) is 2.82. The number of thioether (sulfide) groups is 1. The number of hydrogen-bond acceptors (Lipinski definition) is 5. The van der Waals surface area contributed by atoms with Crippen molar-refractivity contribution in [3.8, 4) is 11.5 Å². The zero-order valence-electron chi connectivity index (χ0n) is 13.2. The molecular weight excluding hydrogens is 322 g/mol. The van der Waals surface area contributed by atoms with Crippen LogP contribution < -0.4 is 5.32 Å². The van der Waals surface area contributed by atoms with E-state index in [4.69, 9.17) is 4.42 Å². The predicted octanol–water partition coefficient (Wildman–Crippen LogP) is 3.92. The highest BCUT2D eigenvalue weighted by Gasteiger charge is 2.08. The third-order valence-electron chi connectivity index (χ3n) is 3.24. The molecule has 0 aliphatic rings. The van der Waals surface area contributed by atoms with Crippen LogP contribution in [0.25, 0.3) is 11.5 Å². The molecule has 0 saturated heterocycles. The second-order valence-electron chi connectivity index (χ2n) is 5.27. The summed E-state index contributed by atoms with van der Waals surface area (Å²) in [6.45, 7) is 1.96. The van der Waals surface area contributed by atoms with E-state index in [1.807, 2.05) is 49.4 Å². The SMILES string of the molecule is Cc1ccnc(NC(=O)CSCc2coc(-c3ccccc3)n2)c1. The second kappa shape index (κ2) is 7.79. The maximum Gasteiger partial charge on any atom is 0.235 e. The van der Waals surface area contributed by atoms with Crippen LogP contribution in [0.2, 0.25) is 0 Å². The van der Waals surface area contributed by atoms with Gasteiger partial charge in [-0.15, -0.1) is 11.8 Å². The Bertz CT molecular complexity index is 818. The number of nitrogens with zero attached hydrogens (tertiary/aromatic N) is 2. The van der Waals surface area contributed by atoms with Crippen LogP contribution in [-0.2, 0) is 10.5 Å². The minimum atomic E-state index is -0.0788. The van der Waals surface area contributed by atoms with Gasteiger partial charge >= 0.3 is 0 Å². The molecule has 5 nitrogen and oxygen atoms in total. The predicted molar refractivity (Wildman–Crippen MR) is 95.7 cm³/mol. The summed E-state index contributed by atoms with van der Waals surface area (Å²) >= 11 is 1.48. The highest BCUT2D eigenvalue weighted by molar-refractivity contribution is 7.99. The number of aryl methyl sites for hydroxylation is 1. The number of nitrogens with one attached hydrogen (secondary N) is 1. The minimum absolute atomic E-state index is 0.0788. The number of pyridine rings is 1. The van der Waals surface area contributed by atoms with E-state index in [0.29, 0.717) is 23.2 Å². The monoisotopic (exact) mass is 339 g/mol. The fourth-order valence-electron chi connectivity index (χ4n) is 2.12. The van der Waals surface area contributed by atoms with Crippen LogP contribution in [0.5, 0.6) is 0 Å². The molecule has 3 aromatic rings. The molecule has 0 atom stereocenters. The Morgan fingerprint density at radius 3 is 2.88 bits per heavy atom. The number of rotatable bonds is 6. The lowest BCUT2D eigenvalue weighted by Crippen LogP contribution is -2.15. The zero-order valence-corrected chi connectivity index (χ0v) is 14.0.